The van der Waals surface area contributed by atoms with Crippen molar-refractivity contribution >= 4 is 17.6 Å². The summed E-state index contributed by atoms with van der Waals surface area (Å²) in [7, 11) is 1.61. The zero-order valence-corrected chi connectivity index (χ0v) is 13.3. The molecule has 5 nitrogen and oxygen atoms in total. The van der Waals surface area contributed by atoms with Crippen molar-refractivity contribution in [2.45, 2.75) is 33.1 Å². The second-order valence-electron chi connectivity index (χ2n) is 5.38. The summed E-state index contributed by atoms with van der Waals surface area (Å²) in [5, 5.41) is 5.61. The van der Waals surface area contributed by atoms with Crippen LogP contribution in [0.5, 0.6) is 0 Å². The van der Waals surface area contributed by atoms with Crippen molar-refractivity contribution in [3.8, 4) is 0 Å². The van der Waals surface area contributed by atoms with E-state index in [2.05, 4.69) is 24.5 Å². The van der Waals surface area contributed by atoms with Crippen LogP contribution in [0.1, 0.15) is 38.7 Å². The van der Waals surface area contributed by atoms with Crippen LogP contribution in [-0.2, 0) is 4.79 Å². The van der Waals surface area contributed by atoms with Crippen molar-refractivity contribution in [2.24, 2.45) is 0 Å². The number of rotatable bonds is 6. The predicted molar refractivity (Wildman–Crippen MR) is 85.5 cm³/mol. The predicted octanol–water partition coefficient (Wildman–Crippen LogP) is 2.80. The van der Waals surface area contributed by atoms with E-state index in [0.29, 0.717) is 12.5 Å². The molecule has 2 N–H and O–H groups in total. The van der Waals surface area contributed by atoms with Gasteiger partial charge in [-0.15, -0.1) is 0 Å². The normalized spacial score (nSPS) is 10.3. The molecule has 0 aromatic heterocycles. The highest BCUT2D eigenvalue weighted by Gasteiger charge is 2.14. The highest BCUT2D eigenvalue weighted by atomic mass is 16.2. The Morgan fingerprint density at radius 3 is 2.52 bits per heavy atom. The fraction of sp³-hybridized carbons (Fsp3) is 0.500. The van der Waals surface area contributed by atoms with Crippen molar-refractivity contribution in [2.75, 3.05) is 25.5 Å². The average molecular weight is 291 g/mol. The first kappa shape index (κ1) is 17.0. The summed E-state index contributed by atoms with van der Waals surface area (Å²) < 4.78 is 0. The lowest BCUT2D eigenvalue weighted by molar-refractivity contribution is -0.121. The van der Waals surface area contributed by atoms with Crippen molar-refractivity contribution in [1.82, 2.24) is 10.2 Å². The zero-order valence-electron chi connectivity index (χ0n) is 13.3. The van der Waals surface area contributed by atoms with Gasteiger partial charge in [0.25, 0.3) is 0 Å². The summed E-state index contributed by atoms with van der Waals surface area (Å²) in [5.74, 6) is 0.173. The second kappa shape index (κ2) is 8.29. The first-order valence-electron chi connectivity index (χ1n) is 7.33. The molecule has 0 heterocycles. The van der Waals surface area contributed by atoms with E-state index < -0.39 is 0 Å². The maximum atomic E-state index is 12.1. The maximum absolute atomic E-state index is 12.1. The van der Waals surface area contributed by atoms with Crippen molar-refractivity contribution in [1.29, 1.82) is 0 Å². The third-order valence-corrected chi connectivity index (χ3v) is 3.12. The Morgan fingerprint density at radius 2 is 1.90 bits per heavy atom. The van der Waals surface area contributed by atoms with Gasteiger partial charge in [-0.25, -0.2) is 4.79 Å². The van der Waals surface area contributed by atoms with E-state index in [1.54, 1.807) is 7.05 Å². The topological polar surface area (TPSA) is 61.4 Å². The van der Waals surface area contributed by atoms with E-state index in [0.717, 1.165) is 17.7 Å². The summed E-state index contributed by atoms with van der Waals surface area (Å²) in [6, 6.07) is 7.42. The summed E-state index contributed by atoms with van der Waals surface area (Å²) in [4.78, 5) is 25.1. The number of hydrogen-bond donors (Lipinski definition) is 2. The first-order valence-corrected chi connectivity index (χ1v) is 7.33. The Labute approximate surface area is 126 Å². The number of carbonyl (C=O) groups excluding carboxylic acids is 2. The highest BCUT2D eigenvalue weighted by molar-refractivity contribution is 5.92. The smallest absolute Gasteiger partial charge is 0.322 e. The average Bonchev–Trinajstić information content (AvgIpc) is 2.45. The van der Waals surface area contributed by atoms with E-state index in [-0.39, 0.29) is 18.5 Å². The standard InChI is InChI=1S/C16H25N3O2/c1-5-10-17-15(20)11-19(4)16(21)18-14-9-7-6-8-13(14)12(2)3/h6-9,12H,5,10-11H2,1-4H3,(H,17,20)(H,18,21). The minimum absolute atomic E-state index is 0.0513. The molecule has 0 aliphatic heterocycles. The van der Waals surface area contributed by atoms with Crippen molar-refractivity contribution < 1.29 is 9.59 Å². The van der Waals surface area contributed by atoms with Crippen LogP contribution in [0.4, 0.5) is 10.5 Å². The molecule has 1 aromatic rings. The van der Waals surface area contributed by atoms with Crippen LogP contribution in [0.2, 0.25) is 0 Å². The monoisotopic (exact) mass is 291 g/mol. The van der Waals surface area contributed by atoms with Gasteiger partial charge in [-0.2, -0.15) is 0 Å². The molecule has 0 aliphatic carbocycles. The molecule has 0 radical (unpaired) electrons. The number of likely N-dealkylation sites (N-methyl/N-ethyl adjacent to an activating group) is 1. The minimum atomic E-state index is -0.283. The summed E-state index contributed by atoms with van der Waals surface area (Å²) >= 11 is 0. The number of carbonyl (C=O) groups is 2. The van der Waals surface area contributed by atoms with Gasteiger partial charge in [0.05, 0.1) is 0 Å². The first-order chi connectivity index (χ1) is 9.95. The molecule has 0 saturated heterocycles. The molecule has 0 saturated carbocycles. The number of nitrogens with zero attached hydrogens (tertiary/aromatic N) is 1. The van der Waals surface area contributed by atoms with Gasteiger partial charge in [-0.05, 0) is 24.0 Å². The lowest BCUT2D eigenvalue weighted by atomic mass is 10.0. The molecule has 5 heteroatoms. The van der Waals surface area contributed by atoms with Crippen LogP contribution in [0.3, 0.4) is 0 Å². The van der Waals surface area contributed by atoms with Crippen LogP contribution < -0.4 is 10.6 Å². The number of para-hydroxylation sites is 1. The summed E-state index contributed by atoms with van der Waals surface area (Å²) in [6.45, 7) is 6.82. The van der Waals surface area contributed by atoms with E-state index in [4.69, 9.17) is 0 Å². The molecule has 3 amide bonds. The molecule has 0 bridgehead atoms. The van der Waals surface area contributed by atoms with E-state index in [1.165, 1.54) is 4.90 Å². The van der Waals surface area contributed by atoms with Gasteiger partial charge >= 0.3 is 6.03 Å². The van der Waals surface area contributed by atoms with Gasteiger partial charge < -0.3 is 15.5 Å². The fourth-order valence-corrected chi connectivity index (χ4v) is 1.93. The van der Waals surface area contributed by atoms with E-state index in [9.17, 15) is 9.59 Å². The van der Waals surface area contributed by atoms with Crippen molar-refractivity contribution in [3.63, 3.8) is 0 Å². The fourth-order valence-electron chi connectivity index (χ4n) is 1.93. The number of hydrogen-bond acceptors (Lipinski definition) is 2. The molecule has 116 valence electrons. The van der Waals surface area contributed by atoms with Crippen LogP contribution in [0.25, 0.3) is 0 Å². The molecule has 21 heavy (non-hydrogen) atoms. The number of urea groups is 1. The number of amides is 3. The highest BCUT2D eigenvalue weighted by Crippen LogP contribution is 2.23. The Hall–Kier alpha value is -2.04. The lowest BCUT2D eigenvalue weighted by Crippen LogP contribution is -2.40. The van der Waals surface area contributed by atoms with Crippen LogP contribution >= 0.6 is 0 Å². The van der Waals surface area contributed by atoms with Gasteiger partial charge in [0.2, 0.25) is 5.91 Å². The molecule has 1 rings (SSSR count). The zero-order chi connectivity index (χ0) is 15.8. The largest absolute Gasteiger partial charge is 0.355 e. The molecular weight excluding hydrogens is 266 g/mol. The Balaban J connectivity index is 2.62. The molecule has 0 fully saturated rings. The van der Waals surface area contributed by atoms with Crippen LogP contribution in [0.15, 0.2) is 24.3 Å². The third kappa shape index (κ3) is 5.45. The SMILES string of the molecule is CCCNC(=O)CN(C)C(=O)Nc1ccccc1C(C)C. The van der Waals surface area contributed by atoms with Gasteiger partial charge in [-0.3, -0.25) is 4.79 Å². The van der Waals surface area contributed by atoms with Gasteiger partial charge in [-0.1, -0.05) is 39.0 Å². The second-order valence-corrected chi connectivity index (χ2v) is 5.38. The summed E-state index contributed by atoms with van der Waals surface area (Å²) in [6.07, 6.45) is 0.878. The van der Waals surface area contributed by atoms with E-state index >= 15 is 0 Å². The quantitative estimate of drug-likeness (QED) is 0.846. The molecule has 1 aromatic carbocycles. The molecule has 0 aliphatic rings. The number of anilines is 1. The maximum Gasteiger partial charge on any atom is 0.322 e. The molecule has 0 atom stereocenters. The minimum Gasteiger partial charge on any atom is -0.355 e. The molecule has 0 unspecified atom stereocenters. The number of benzene rings is 1. The number of nitrogens with one attached hydrogen (secondary N) is 2. The van der Waals surface area contributed by atoms with Crippen LogP contribution in [-0.4, -0.2) is 37.0 Å². The van der Waals surface area contributed by atoms with Crippen LogP contribution in [0, 0.1) is 0 Å². The Morgan fingerprint density at radius 1 is 1.24 bits per heavy atom. The lowest BCUT2D eigenvalue weighted by Gasteiger charge is -2.19. The van der Waals surface area contributed by atoms with Gasteiger partial charge in [0.15, 0.2) is 0 Å². The van der Waals surface area contributed by atoms with Gasteiger partial charge in [0, 0.05) is 19.3 Å². The van der Waals surface area contributed by atoms with Crippen molar-refractivity contribution in [3.05, 3.63) is 29.8 Å². The van der Waals surface area contributed by atoms with Gasteiger partial charge in [0.1, 0.15) is 6.54 Å². The summed E-state index contributed by atoms with van der Waals surface area (Å²) in [5.41, 5.74) is 1.87. The Bertz CT molecular complexity index is 486. The molecular formula is C16H25N3O2. The molecule has 0 spiro atoms. The van der Waals surface area contributed by atoms with E-state index in [1.807, 2.05) is 31.2 Å². The Kier molecular flexibility index (Phi) is 6.72. The third-order valence-electron chi connectivity index (χ3n) is 3.12.